The van der Waals surface area contributed by atoms with Crippen molar-refractivity contribution in [2.45, 2.75) is 32.7 Å². The van der Waals surface area contributed by atoms with Gasteiger partial charge in [-0.1, -0.05) is 53.6 Å². The maximum atomic E-state index is 12.5. The molecule has 0 spiro atoms. The van der Waals surface area contributed by atoms with Gasteiger partial charge in [0.05, 0.1) is 5.92 Å². The van der Waals surface area contributed by atoms with Crippen LogP contribution in [0.5, 0.6) is 0 Å². The van der Waals surface area contributed by atoms with Gasteiger partial charge in [0.25, 0.3) is 0 Å². The van der Waals surface area contributed by atoms with Gasteiger partial charge >= 0.3 is 0 Å². The number of aryl methyl sites for hydroxylation is 1. The molecule has 1 saturated heterocycles. The summed E-state index contributed by atoms with van der Waals surface area (Å²) in [4.78, 5) is 26.6. The Kier molecular flexibility index (Phi) is 6.51. The Labute approximate surface area is 165 Å². The van der Waals surface area contributed by atoms with Gasteiger partial charge in [0, 0.05) is 31.1 Å². The molecule has 0 radical (unpaired) electrons. The van der Waals surface area contributed by atoms with Crippen molar-refractivity contribution < 1.29 is 9.59 Å². The molecular weight excluding hydrogens is 360 g/mol. The van der Waals surface area contributed by atoms with E-state index in [-0.39, 0.29) is 17.7 Å². The van der Waals surface area contributed by atoms with E-state index in [4.69, 9.17) is 11.6 Å². The first-order valence-corrected chi connectivity index (χ1v) is 9.74. The Balaban J connectivity index is 1.50. The number of amides is 2. The molecule has 0 bridgehead atoms. The molecule has 1 aliphatic heterocycles. The van der Waals surface area contributed by atoms with Crippen LogP contribution >= 0.6 is 11.6 Å². The fourth-order valence-electron chi connectivity index (χ4n) is 3.30. The number of halogens is 1. The van der Waals surface area contributed by atoms with Crippen LogP contribution < -0.4 is 5.32 Å². The normalized spacial score (nSPS) is 17.0. The molecule has 5 heteroatoms. The molecule has 2 amide bonds. The topological polar surface area (TPSA) is 49.4 Å². The van der Waals surface area contributed by atoms with Crippen molar-refractivity contribution in [3.63, 3.8) is 0 Å². The first-order chi connectivity index (χ1) is 13.0. The number of nitrogens with zero attached hydrogens (tertiary/aromatic N) is 1. The molecule has 0 saturated carbocycles. The average Bonchev–Trinajstić information content (AvgIpc) is 2.68. The highest BCUT2D eigenvalue weighted by Gasteiger charge is 2.29. The van der Waals surface area contributed by atoms with E-state index >= 15 is 0 Å². The van der Waals surface area contributed by atoms with Crippen LogP contribution in [-0.4, -0.2) is 29.8 Å². The van der Waals surface area contributed by atoms with Gasteiger partial charge in [-0.3, -0.25) is 9.59 Å². The highest BCUT2D eigenvalue weighted by Crippen LogP contribution is 2.19. The minimum absolute atomic E-state index is 0.0274. The monoisotopic (exact) mass is 384 g/mol. The summed E-state index contributed by atoms with van der Waals surface area (Å²) < 4.78 is 0. The smallest absolute Gasteiger partial charge is 0.225 e. The third kappa shape index (κ3) is 5.57. The van der Waals surface area contributed by atoms with Crippen LogP contribution in [-0.2, 0) is 22.6 Å². The summed E-state index contributed by atoms with van der Waals surface area (Å²) in [5, 5.41) is 3.72. The van der Waals surface area contributed by atoms with Crippen molar-refractivity contribution in [1.82, 2.24) is 10.2 Å². The summed E-state index contributed by atoms with van der Waals surface area (Å²) in [6.07, 6.45) is 1.82. The first kappa shape index (κ1) is 19.4. The number of rotatable bonds is 6. The number of likely N-dealkylation sites (tertiary alicyclic amines) is 1. The lowest BCUT2D eigenvalue weighted by atomic mass is 9.96. The maximum absolute atomic E-state index is 12.5. The number of nitrogens with one attached hydrogen (secondary N) is 1. The zero-order chi connectivity index (χ0) is 19.2. The number of carbonyl (C=O) groups excluding carboxylic acids is 2. The molecule has 1 aliphatic rings. The maximum Gasteiger partial charge on any atom is 0.225 e. The Hall–Kier alpha value is -2.33. The Bertz CT molecular complexity index is 787. The lowest BCUT2D eigenvalue weighted by molar-refractivity contribution is -0.138. The zero-order valence-corrected chi connectivity index (χ0v) is 16.3. The molecule has 2 aromatic rings. The van der Waals surface area contributed by atoms with E-state index in [2.05, 4.69) is 5.32 Å². The molecule has 3 rings (SSSR count). The summed E-state index contributed by atoms with van der Waals surface area (Å²) >= 11 is 5.91. The fourth-order valence-corrected chi connectivity index (χ4v) is 3.43. The van der Waals surface area contributed by atoms with Gasteiger partial charge in [0.1, 0.15) is 0 Å². The number of hydrogen-bond donors (Lipinski definition) is 1. The molecule has 0 aliphatic carbocycles. The number of piperidine rings is 1. The lowest BCUT2D eigenvalue weighted by Gasteiger charge is -2.32. The van der Waals surface area contributed by atoms with E-state index in [0.29, 0.717) is 37.5 Å². The van der Waals surface area contributed by atoms with E-state index in [1.165, 1.54) is 5.56 Å². The van der Waals surface area contributed by atoms with Crippen molar-refractivity contribution in [3.8, 4) is 0 Å². The molecule has 1 fully saturated rings. The molecule has 0 unspecified atom stereocenters. The Morgan fingerprint density at radius 3 is 2.48 bits per heavy atom. The molecule has 1 atom stereocenters. The van der Waals surface area contributed by atoms with Crippen molar-refractivity contribution in [3.05, 3.63) is 70.2 Å². The summed E-state index contributed by atoms with van der Waals surface area (Å²) in [5.41, 5.74) is 3.42. The van der Waals surface area contributed by atoms with Crippen LogP contribution in [0.25, 0.3) is 0 Å². The third-order valence-electron chi connectivity index (χ3n) is 5.04. The Morgan fingerprint density at radius 2 is 1.78 bits per heavy atom. The van der Waals surface area contributed by atoms with Crippen LogP contribution in [0.1, 0.15) is 29.5 Å². The van der Waals surface area contributed by atoms with Crippen LogP contribution in [0.15, 0.2) is 48.5 Å². The van der Waals surface area contributed by atoms with Crippen molar-refractivity contribution >= 4 is 23.4 Å². The second-order valence-electron chi connectivity index (χ2n) is 7.16. The summed E-state index contributed by atoms with van der Waals surface area (Å²) in [6, 6.07) is 15.8. The van der Waals surface area contributed by atoms with E-state index in [1.54, 1.807) is 0 Å². The van der Waals surface area contributed by atoms with Crippen molar-refractivity contribution in [1.29, 1.82) is 0 Å². The highest BCUT2D eigenvalue weighted by molar-refractivity contribution is 6.30. The molecule has 4 nitrogen and oxygen atoms in total. The SMILES string of the molecule is Cc1ccc(CNC(=O)[C@@H]2CCC(=O)N(CCc3ccc(Cl)cc3)C2)cc1. The number of hydrogen-bond acceptors (Lipinski definition) is 2. The van der Waals surface area contributed by atoms with Crippen molar-refractivity contribution in [2.75, 3.05) is 13.1 Å². The number of benzene rings is 2. The fraction of sp³-hybridized carbons (Fsp3) is 0.364. The minimum Gasteiger partial charge on any atom is -0.352 e. The van der Waals surface area contributed by atoms with Crippen molar-refractivity contribution in [2.24, 2.45) is 5.92 Å². The largest absolute Gasteiger partial charge is 0.352 e. The molecule has 142 valence electrons. The molecule has 1 heterocycles. The Morgan fingerprint density at radius 1 is 1.11 bits per heavy atom. The standard InChI is InChI=1S/C22H25ClN2O2/c1-16-2-4-18(5-3-16)14-24-22(27)19-8-11-21(26)25(15-19)13-12-17-6-9-20(23)10-7-17/h2-7,9-10,19H,8,11-15H2,1H3,(H,24,27)/t19-/m1/s1. The van der Waals surface area contributed by atoms with Crippen LogP contribution in [0.4, 0.5) is 0 Å². The predicted octanol–water partition coefficient (Wildman–Crippen LogP) is 3.75. The molecular formula is C22H25ClN2O2. The molecule has 27 heavy (non-hydrogen) atoms. The van der Waals surface area contributed by atoms with Crippen LogP contribution in [0.2, 0.25) is 5.02 Å². The number of carbonyl (C=O) groups is 2. The predicted molar refractivity (Wildman–Crippen MR) is 107 cm³/mol. The molecule has 0 aromatic heterocycles. The quantitative estimate of drug-likeness (QED) is 0.824. The second-order valence-corrected chi connectivity index (χ2v) is 7.59. The highest BCUT2D eigenvalue weighted by atomic mass is 35.5. The minimum atomic E-state index is -0.140. The van der Waals surface area contributed by atoms with Crippen LogP contribution in [0, 0.1) is 12.8 Å². The van der Waals surface area contributed by atoms with E-state index in [0.717, 1.165) is 17.5 Å². The van der Waals surface area contributed by atoms with E-state index in [1.807, 2.05) is 60.4 Å². The van der Waals surface area contributed by atoms with E-state index in [9.17, 15) is 9.59 Å². The molecule has 1 N–H and O–H groups in total. The van der Waals surface area contributed by atoms with Gasteiger partial charge in [-0.25, -0.2) is 0 Å². The lowest BCUT2D eigenvalue weighted by Crippen LogP contribution is -2.46. The van der Waals surface area contributed by atoms with Gasteiger partial charge in [0.15, 0.2) is 0 Å². The first-order valence-electron chi connectivity index (χ1n) is 9.37. The molecule has 2 aromatic carbocycles. The summed E-state index contributed by atoms with van der Waals surface area (Å²) in [7, 11) is 0. The summed E-state index contributed by atoms with van der Waals surface area (Å²) in [5.74, 6) is 0.0180. The zero-order valence-electron chi connectivity index (χ0n) is 15.6. The summed E-state index contributed by atoms with van der Waals surface area (Å²) in [6.45, 7) is 3.68. The van der Waals surface area contributed by atoms with Gasteiger partial charge in [-0.05, 0) is 43.0 Å². The van der Waals surface area contributed by atoms with Gasteiger partial charge < -0.3 is 10.2 Å². The van der Waals surface area contributed by atoms with Gasteiger partial charge in [-0.15, -0.1) is 0 Å². The van der Waals surface area contributed by atoms with E-state index < -0.39 is 0 Å². The average molecular weight is 385 g/mol. The second kappa shape index (κ2) is 9.05. The van der Waals surface area contributed by atoms with Gasteiger partial charge in [0.2, 0.25) is 11.8 Å². The van der Waals surface area contributed by atoms with Crippen LogP contribution in [0.3, 0.4) is 0 Å². The van der Waals surface area contributed by atoms with Gasteiger partial charge in [-0.2, -0.15) is 0 Å². The third-order valence-corrected chi connectivity index (χ3v) is 5.29.